The zero-order valence-corrected chi connectivity index (χ0v) is 17.0. The van der Waals surface area contributed by atoms with Gasteiger partial charge < -0.3 is 19.1 Å². The largest absolute Gasteiger partial charge is 0.493 e. The first-order chi connectivity index (χ1) is 13.5. The normalized spacial score (nSPS) is 12.1. The number of hydrogen-bond donors (Lipinski definition) is 1. The Hall–Kier alpha value is -2.51. The first-order valence-corrected chi connectivity index (χ1v) is 10.1. The van der Waals surface area contributed by atoms with Crippen molar-refractivity contribution in [1.82, 2.24) is 9.55 Å². The van der Waals surface area contributed by atoms with E-state index in [1.807, 2.05) is 24.3 Å². The average Bonchev–Trinajstić information content (AvgIpc) is 3.07. The molecule has 0 aliphatic rings. The Morgan fingerprint density at radius 2 is 2.04 bits per heavy atom. The first kappa shape index (κ1) is 20.2. The quantitative estimate of drug-likeness (QED) is 0.435. The summed E-state index contributed by atoms with van der Waals surface area (Å²) in [6, 6.07) is 13.0. The highest BCUT2D eigenvalue weighted by atomic mass is 32.2. The second kappa shape index (κ2) is 9.12. The van der Waals surface area contributed by atoms with E-state index >= 15 is 0 Å². The molecule has 28 heavy (non-hydrogen) atoms. The standard InChI is InChI=1S/C21H24N2O4S/c1-4-23-18-8-6-5-7-17(18)22-21(23)28-13-16(25)12-27-19-10-9-15(14(2)24)11-20(19)26-3/h5-11,16,25H,4,12-13H2,1-3H3. The summed E-state index contributed by atoms with van der Waals surface area (Å²) in [5.74, 6) is 1.38. The van der Waals surface area contributed by atoms with Gasteiger partial charge in [-0.3, -0.25) is 4.79 Å². The number of carbonyl (C=O) groups excluding carboxylic acids is 1. The summed E-state index contributed by atoms with van der Waals surface area (Å²) in [6.07, 6.45) is -0.674. The van der Waals surface area contributed by atoms with E-state index in [2.05, 4.69) is 16.5 Å². The van der Waals surface area contributed by atoms with Gasteiger partial charge in [0, 0.05) is 17.9 Å². The summed E-state index contributed by atoms with van der Waals surface area (Å²) in [4.78, 5) is 16.1. The molecule has 1 aromatic heterocycles. The van der Waals surface area contributed by atoms with Crippen LogP contribution in [0, 0.1) is 0 Å². The number of ketones is 1. The van der Waals surface area contributed by atoms with Crippen molar-refractivity contribution < 1.29 is 19.4 Å². The van der Waals surface area contributed by atoms with Crippen molar-refractivity contribution in [1.29, 1.82) is 0 Å². The minimum Gasteiger partial charge on any atom is -0.493 e. The number of aliphatic hydroxyl groups excluding tert-OH is 1. The summed E-state index contributed by atoms with van der Waals surface area (Å²) >= 11 is 1.50. The number of carbonyl (C=O) groups is 1. The molecular formula is C21H24N2O4S. The Kier molecular flexibility index (Phi) is 6.59. The molecule has 1 N–H and O–H groups in total. The summed E-state index contributed by atoms with van der Waals surface area (Å²) in [7, 11) is 1.52. The number of aryl methyl sites for hydroxylation is 1. The SMILES string of the molecule is CCn1c(SCC(O)COc2ccc(C(C)=O)cc2OC)nc2ccccc21. The number of nitrogens with zero attached hydrogens (tertiary/aromatic N) is 2. The highest BCUT2D eigenvalue weighted by Crippen LogP contribution is 2.29. The zero-order chi connectivity index (χ0) is 20.1. The van der Waals surface area contributed by atoms with Gasteiger partial charge in [0.1, 0.15) is 6.61 Å². The van der Waals surface area contributed by atoms with E-state index in [1.54, 1.807) is 18.2 Å². The summed E-state index contributed by atoms with van der Waals surface area (Å²) in [6.45, 7) is 4.51. The van der Waals surface area contributed by atoms with Crippen LogP contribution in [-0.2, 0) is 6.54 Å². The van der Waals surface area contributed by atoms with Gasteiger partial charge in [-0.25, -0.2) is 4.98 Å². The molecule has 0 amide bonds. The number of benzene rings is 2. The van der Waals surface area contributed by atoms with E-state index in [1.165, 1.54) is 25.8 Å². The number of para-hydroxylation sites is 2. The lowest BCUT2D eigenvalue weighted by molar-refractivity contribution is 0.101. The molecule has 0 fully saturated rings. The molecule has 0 saturated heterocycles. The fraction of sp³-hybridized carbons (Fsp3) is 0.333. The molecule has 1 unspecified atom stereocenters. The topological polar surface area (TPSA) is 73.6 Å². The van der Waals surface area contributed by atoms with Crippen molar-refractivity contribution in [3.63, 3.8) is 0 Å². The van der Waals surface area contributed by atoms with Gasteiger partial charge in [0.15, 0.2) is 22.4 Å². The molecule has 0 saturated carbocycles. The zero-order valence-electron chi connectivity index (χ0n) is 16.2. The number of thioether (sulfide) groups is 1. The molecule has 1 atom stereocenters. The Morgan fingerprint density at radius 1 is 1.25 bits per heavy atom. The molecule has 2 aromatic carbocycles. The van der Waals surface area contributed by atoms with Crippen LogP contribution in [0.1, 0.15) is 24.2 Å². The molecule has 3 rings (SSSR count). The lowest BCUT2D eigenvalue weighted by atomic mass is 10.1. The number of rotatable bonds is 9. The number of aliphatic hydroxyl groups is 1. The monoisotopic (exact) mass is 400 g/mol. The van der Waals surface area contributed by atoms with Gasteiger partial charge in [0.05, 0.1) is 24.2 Å². The molecule has 7 heteroatoms. The summed E-state index contributed by atoms with van der Waals surface area (Å²) in [5.41, 5.74) is 2.60. The van der Waals surface area contributed by atoms with Crippen molar-refractivity contribution in [3.8, 4) is 11.5 Å². The van der Waals surface area contributed by atoms with E-state index < -0.39 is 6.10 Å². The molecule has 0 aliphatic carbocycles. The van der Waals surface area contributed by atoms with Gasteiger partial charge in [-0.15, -0.1) is 0 Å². The Balaban J connectivity index is 1.61. The molecule has 3 aromatic rings. The van der Waals surface area contributed by atoms with E-state index in [4.69, 9.17) is 9.47 Å². The summed E-state index contributed by atoms with van der Waals surface area (Å²) in [5, 5.41) is 11.2. The maximum Gasteiger partial charge on any atom is 0.169 e. The van der Waals surface area contributed by atoms with Crippen molar-refractivity contribution >= 4 is 28.6 Å². The Labute approximate surface area is 168 Å². The highest BCUT2D eigenvalue weighted by molar-refractivity contribution is 7.99. The van der Waals surface area contributed by atoms with Crippen molar-refractivity contribution in [2.75, 3.05) is 19.5 Å². The molecule has 0 bridgehead atoms. The summed E-state index contributed by atoms with van der Waals surface area (Å²) < 4.78 is 13.1. The highest BCUT2D eigenvalue weighted by Gasteiger charge is 2.14. The predicted molar refractivity (Wildman–Crippen MR) is 111 cm³/mol. The van der Waals surface area contributed by atoms with E-state index in [-0.39, 0.29) is 12.4 Å². The van der Waals surface area contributed by atoms with Crippen molar-refractivity contribution in [2.24, 2.45) is 0 Å². The number of methoxy groups -OCH3 is 1. The van der Waals surface area contributed by atoms with Crippen LogP contribution in [0.15, 0.2) is 47.6 Å². The fourth-order valence-corrected chi connectivity index (χ4v) is 3.86. The van der Waals surface area contributed by atoms with E-state index in [0.29, 0.717) is 22.8 Å². The minimum absolute atomic E-state index is 0.0416. The van der Waals surface area contributed by atoms with Crippen LogP contribution in [-0.4, -0.2) is 46.0 Å². The number of imidazole rings is 1. The van der Waals surface area contributed by atoms with Gasteiger partial charge in [-0.1, -0.05) is 23.9 Å². The van der Waals surface area contributed by atoms with E-state index in [0.717, 1.165) is 22.7 Å². The van der Waals surface area contributed by atoms with Gasteiger partial charge in [0.2, 0.25) is 0 Å². The van der Waals surface area contributed by atoms with Crippen LogP contribution in [0.25, 0.3) is 11.0 Å². The minimum atomic E-state index is -0.674. The maximum atomic E-state index is 11.5. The van der Waals surface area contributed by atoms with E-state index in [9.17, 15) is 9.90 Å². The van der Waals surface area contributed by atoms with Crippen LogP contribution in [0.4, 0.5) is 0 Å². The molecule has 148 valence electrons. The maximum absolute atomic E-state index is 11.5. The Morgan fingerprint density at radius 3 is 2.75 bits per heavy atom. The second-order valence-electron chi connectivity index (χ2n) is 6.33. The number of hydrogen-bond acceptors (Lipinski definition) is 6. The van der Waals surface area contributed by atoms with Crippen LogP contribution < -0.4 is 9.47 Å². The number of fused-ring (bicyclic) bond motifs is 1. The van der Waals surface area contributed by atoms with Crippen LogP contribution in [0.2, 0.25) is 0 Å². The Bertz CT molecular complexity index is 970. The third-order valence-electron chi connectivity index (χ3n) is 4.34. The lowest BCUT2D eigenvalue weighted by Crippen LogP contribution is -2.20. The second-order valence-corrected chi connectivity index (χ2v) is 7.31. The molecular weight excluding hydrogens is 376 g/mol. The van der Waals surface area contributed by atoms with Crippen LogP contribution >= 0.6 is 11.8 Å². The predicted octanol–water partition coefficient (Wildman–Crippen LogP) is 3.80. The van der Waals surface area contributed by atoms with Gasteiger partial charge in [-0.05, 0) is 44.2 Å². The molecule has 1 heterocycles. The number of Topliss-reactive ketones (excluding diaryl/α,β-unsaturated/α-hetero) is 1. The average molecular weight is 401 g/mol. The fourth-order valence-electron chi connectivity index (χ4n) is 2.88. The third kappa shape index (κ3) is 4.48. The van der Waals surface area contributed by atoms with Crippen molar-refractivity contribution in [2.45, 2.75) is 31.7 Å². The molecule has 0 aliphatic heterocycles. The smallest absolute Gasteiger partial charge is 0.169 e. The van der Waals surface area contributed by atoms with Gasteiger partial charge >= 0.3 is 0 Å². The van der Waals surface area contributed by atoms with Crippen LogP contribution in [0.5, 0.6) is 11.5 Å². The number of ether oxygens (including phenoxy) is 2. The van der Waals surface area contributed by atoms with Crippen LogP contribution in [0.3, 0.4) is 0 Å². The molecule has 0 spiro atoms. The van der Waals surface area contributed by atoms with Gasteiger partial charge in [-0.2, -0.15) is 0 Å². The number of aromatic nitrogens is 2. The third-order valence-corrected chi connectivity index (χ3v) is 5.46. The van der Waals surface area contributed by atoms with Crippen molar-refractivity contribution in [3.05, 3.63) is 48.0 Å². The van der Waals surface area contributed by atoms with Gasteiger partial charge in [0.25, 0.3) is 0 Å². The molecule has 0 radical (unpaired) electrons. The lowest BCUT2D eigenvalue weighted by Gasteiger charge is -2.15. The first-order valence-electron chi connectivity index (χ1n) is 9.11. The molecule has 6 nitrogen and oxygen atoms in total.